The molecule has 1 aromatic carbocycles. The molecule has 0 saturated heterocycles. The number of aromatic nitrogens is 2. The Morgan fingerprint density at radius 1 is 1.15 bits per heavy atom. The van der Waals surface area contributed by atoms with E-state index in [0.717, 1.165) is 12.2 Å². The van der Waals surface area contributed by atoms with Crippen molar-refractivity contribution in [1.82, 2.24) is 9.55 Å². The van der Waals surface area contributed by atoms with Gasteiger partial charge >= 0.3 is 0 Å². The summed E-state index contributed by atoms with van der Waals surface area (Å²) in [7, 11) is 0. The Hall–Kier alpha value is -1.27. The van der Waals surface area contributed by atoms with E-state index in [1.54, 1.807) is 23.3 Å². The summed E-state index contributed by atoms with van der Waals surface area (Å²) in [5.74, 6) is 0.420. The smallest absolute Gasteiger partial charge is 0.191 e. The van der Waals surface area contributed by atoms with Crippen molar-refractivity contribution in [3.05, 3.63) is 66.9 Å². The second-order valence-electron chi connectivity index (χ2n) is 6.08. The van der Waals surface area contributed by atoms with Gasteiger partial charge in [0.1, 0.15) is 5.82 Å². The first-order valence-electron chi connectivity index (χ1n) is 8.18. The average Bonchev–Trinajstić information content (AvgIpc) is 2.58. The third-order valence-corrected chi connectivity index (χ3v) is 5.77. The first-order valence-corrected chi connectivity index (χ1v) is 10.7. The molecular weight excluding hydrogens is 430 g/mol. The van der Waals surface area contributed by atoms with Crippen molar-refractivity contribution in [2.75, 3.05) is 12.0 Å². The number of hydrogen-bond acceptors (Lipinski definition) is 3. The Bertz CT molecular complexity index is 1060. The fraction of sp³-hybridized carbons (Fsp3) is 0.263. The fourth-order valence-corrected chi connectivity index (χ4v) is 4.40. The Labute approximate surface area is 175 Å². The number of aryl methyl sites for hydroxylation is 2. The molecule has 142 valence electrons. The van der Waals surface area contributed by atoms with Crippen LogP contribution in [0.15, 0.2) is 29.2 Å². The number of halogens is 4. The average molecular weight is 446 g/mol. The van der Waals surface area contributed by atoms with Crippen molar-refractivity contribution < 1.29 is 4.39 Å². The Kier molecular flexibility index (Phi) is 6.36. The van der Waals surface area contributed by atoms with E-state index in [4.69, 9.17) is 34.8 Å². The highest BCUT2D eigenvalue weighted by Crippen LogP contribution is 2.35. The molecule has 8 heteroatoms. The van der Waals surface area contributed by atoms with Gasteiger partial charge in [-0.15, -0.1) is 0 Å². The van der Waals surface area contributed by atoms with E-state index in [2.05, 4.69) is 4.98 Å². The van der Waals surface area contributed by atoms with Crippen molar-refractivity contribution >= 4 is 57.5 Å². The van der Waals surface area contributed by atoms with Gasteiger partial charge in [-0.25, -0.2) is 4.39 Å². The molecule has 0 N–H and O–H groups in total. The molecule has 0 bridgehead atoms. The van der Waals surface area contributed by atoms with Gasteiger partial charge in [0.2, 0.25) is 0 Å². The van der Waals surface area contributed by atoms with Crippen LogP contribution in [0.5, 0.6) is 0 Å². The van der Waals surface area contributed by atoms with Crippen LogP contribution in [-0.4, -0.2) is 21.6 Å². The molecule has 0 fully saturated rings. The molecule has 0 unspecified atom stereocenters. The van der Waals surface area contributed by atoms with Crippen molar-refractivity contribution in [3.63, 3.8) is 0 Å². The highest BCUT2D eigenvalue weighted by Gasteiger charge is 2.20. The summed E-state index contributed by atoms with van der Waals surface area (Å²) >= 11 is 20.8. The van der Waals surface area contributed by atoms with Crippen LogP contribution in [0.3, 0.4) is 0 Å². The van der Waals surface area contributed by atoms with Gasteiger partial charge in [0.15, 0.2) is 5.43 Å². The Balaban J connectivity index is 2.38. The molecule has 27 heavy (non-hydrogen) atoms. The van der Waals surface area contributed by atoms with E-state index in [0.29, 0.717) is 39.4 Å². The normalized spacial score (nSPS) is 11.3. The lowest BCUT2D eigenvalue weighted by Crippen LogP contribution is -2.15. The van der Waals surface area contributed by atoms with Gasteiger partial charge < -0.3 is 4.57 Å². The van der Waals surface area contributed by atoms with E-state index >= 15 is 0 Å². The van der Waals surface area contributed by atoms with Crippen molar-refractivity contribution in [2.45, 2.75) is 19.8 Å². The van der Waals surface area contributed by atoms with E-state index in [-0.39, 0.29) is 15.5 Å². The summed E-state index contributed by atoms with van der Waals surface area (Å²) in [6.07, 6.45) is 5.09. The molecule has 2 heterocycles. The molecule has 0 radical (unpaired) electrons. The van der Waals surface area contributed by atoms with Gasteiger partial charge in [0, 0.05) is 18.0 Å². The zero-order valence-corrected chi connectivity index (χ0v) is 17.7. The number of pyridine rings is 2. The molecule has 2 aromatic heterocycles. The van der Waals surface area contributed by atoms with Crippen LogP contribution in [0.2, 0.25) is 15.1 Å². The molecule has 0 aliphatic carbocycles. The SMILES string of the molecule is CSCCCc1ncc(Cl)c2c1c(=O)cc(C)n2-c1c(Cl)cc(F)cc1Cl. The van der Waals surface area contributed by atoms with Crippen LogP contribution in [0.25, 0.3) is 16.6 Å². The van der Waals surface area contributed by atoms with Gasteiger partial charge in [-0.05, 0) is 43.9 Å². The number of benzene rings is 1. The van der Waals surface area contributed by atoms with Crippen LogP contribution in [0, 0.1) is 12.7 Å². The van der Waals surface area contributed by atoms with E-state index in [9.17, 15) is 9.18 Å². The van der Waals surface area contributed by atoms with E-state index < -0.39 is 5.82 Å². The third kappa shape index (κ3) is 3.97. The molecule has 0 spiro atoms. The van der Waals surface area contributed by atoms with Crippen molar-refractivity contribution in [3.8, 4) is 5.69 Å². The minimum Gasteiger partial charge on any atom is -0.309 e. The van der Waals surface area contributed by atoms with E-state index in [1.807, 2.05) is 6.26 Å². The summed E-state index contributed by atoms with van der Waals surface area (Å²) in [6, 6.07) is 3.86. The number of hydrogen-bond donors (Lipinski definition) is 0. The number of nitrogens with zero attached hydrogens (tertiary/aromatic N) is 2. The molecule has 0 atom stereocenters. The van der Waals surface area contributed by atoms with Gasteiger partial charge in [-0.2, -0.15) is 11.8 Å². The fourth-order valence-electron chi connectivity index (χ4n) is 3.11. The first kappa shape index (κ1) is 20.5. The van der Waals surface area contributed by atoms with Crippen LogP contribution in [0.4, 0.5) is 4.39 Å². The summed E-state index contributed by atoms with van der Waals surface area (Å²) in [5.41, 5.74) is 1.96. The quantitative estimate of drug-likeness (QED) is 0.446. The predicted octanol–water partition coefficient (Wildman–Crippen LogP) is 6.09. The zero-order chi connectivity index (χ0) is 19.7. The van der Waals surface area contributed by atoms with Crippen molar-refractivity contribution in [1.29, 1.82) is 0 Å². The minimum absolute atomic E-state index is 0.130. The molecule has 3 rings (SSSR count). The van der Waals surface area contributed by atoms with Crippen molar-refractivity contribution in [2.24, 2.45) is 0 Å². The monoisotopic (exact) mass is 444 g/mol. The molecular formula is C19H16Cl3FN2OS. The van der Waals surface area contributed by atoms with Crippen LogP contribution in [-0.2, 0) is 6.42 Å². The molecule has 0 aliphatic heterocycles. The zero-order valence-electron chi connectivity index (χ0n) is 14.7. The Morgan fingerprint density at radius 2 is 1.81 bits per heavy atom. The second-order valence-corrected chi connectivity index (χ2v) is 8.28. The highest BCUT2D eigenvalue weighted by atomic mass is 35.5. The largest absolute Gasteiger partial charge is 0.309 e. The van der Waals surface area contributed by atoms with Crippen LogP contribution >= 0.6 is 46.6 Å². The van der Waals surface area contributed by atoms with E-state index in [1.165, 1.54) is 24.4 Å². The topological polar surface area (TPSA) is 34.9 Å². The minimum atomic E-state index is -0.540. The number of thioether (sulfide) groups is 1. The van der Waals surface area contributed by atoms with Crippen LogP contribution in [0.1, 0.15) is 17.8 Å². The maximum Gasteiger partial charge on any atom is 0.191 e. The third-order valence-electron chi connectivity index (χ3n) is 4.22. The van der Waals surface area contributed by atoms with Gasteiger partial charge in [0.25, 0.3) is 0 Å². The summed E-state index contributed by atoms with van der Waals surface area (Å²) in [4.78, 5) is 17.2. The summed E-state index contributed by atoms with van der Waals surface area (Å²) < 4.78 is 15.4. The second kappa shape index (κ2) is 8.39. The lowest BCUT2D eigenvalue weighted by atomic mass is 10.1. The standard InChI is InChI=1S/C19H16Cl3FN2OS/c1-10-6-16(26)17-15(4-3-5-27-2)24-9-14(22)19(17)25(10)18-12(20)7-11(23)8-13(18)21/h6-9H,3-5H2,1-2H3. The molecule has 3 nitrogen and oxygen atoms in total. The predicted molar refractivity (Wildman–Crippen MR) is 114 cm³/mol. The highest BCUT2D eigenvalue weighted by molar-refractivity contribution is 7.98. The first-order chi connectivity index (χ1) is 12.8. The summed E-state index contributed by atoms with van der Waals surface area (Å²) in [6.45, 7) is 1.75. The molecule has 3 aromatic rings. The lowest BCUT2D eigenvalue weighted by molar-refractivity contribution is 0.627. The van der Waals surface area contributed by atoms with Gasteiger partial charge in [-0.1, -0.05) is 34.8 Å². The van der Waals surface area contributed by atoms with Gasteiger partial charge in [0.05, 0.1) is 37.4 Å². The maximum atomic E-state index is 13.7. The molecule has 0 aliphatic rings. The van der Waals surface area contributed by atoms with Gasteiger partial charge in [-0.3, -0.25) is 9.78 Å². The van der Waals surface area contributed by atoms with Crippen LogP contribution < -0.4 is 5.43 Å². The Morgan fingerprint density at radius 3 is 2.44 bits per heavy atom. The number of rotatable bonds is 5. The molecule has 0 saturated carbocycles. The summed E-state index contributed by atoms with van der Waals surface area (Å²) in [5, 5.41) is 0.997. The maximum absolute atomic E-state index is 13.7. The number of fused-ring (bicyclic) bond motifs is 1. The lowest BCUT2D eigenvalue weighted by Gasteiger charge is -2.19. The molecule has 0 amide bonds.